The average Bonchev–Trinajstić information content (AvgIpc) is 2.62. The highest BCUT2D eigenvalue weighted by atomic mass is 16.5. The van der Waals surface area contributed by atoms with Crippen LogP contribution in [-0.2, 0) is 9.59 Å². The fourth-order valence-electron chi connectivity index (χ4n) is 1.75. The number of anilines is 2. The Balaban J connectivity index is 2.20. The quantitative estimate of drug-likeness (QED) is 0.342. The van der Waals surface area contributed by atoms with E-state index in [-0.39, 0.29) is 29.6 Å². The summed E-state index contributed by atoms with van der Waals surface area (Å²) in [6.07, 6.45) is 0. The lowest BCUT2D eigenvalue weighted by Gasteiger charge is -2.08. The van der Waals surface area contributed by atoms with Gasteiger partial charge in [0.15, 0.2) is 11.6 Å². The van der Waals surface area contributed by atoms with E-state index < -0.39 is 17.9 Å². The van der Waals surface area contributed by atoms with Crippen LogP contribution in [0.4, 0.5) is 23.0 Å². The zero-order valence-corrected chi connectivity index (χ0v) is 14.0. The van der Waals surface area contributed by atoms with Crippen LogP contribution in [0.2, 0.25) is 0 Å². The van der Waals surface area contributed by atoms with E-state index in [1.165, 1.54) is 19.1 Å². The van der Waals surface area contributed by atoms with E-state index in [4.69, 9.17) is 21.9 Å². The molecule has 0 bridgehead atoms. The zero-order valence-electron chi connectivity index (χ0n) is 14.0. The second-order valence-corrected chi connectivity index (χ2v) is 5.23. The van der Waals surface area contributed by atoms with Crippen LogP contribution >= 0.6 is 0 Å². The third-order valence-electron chi connectivity index (χ3n) is 3.07. The number of azo groups is 1. The molecule has 1 aromatic heterocycles. The molecule has 0 spiro atoms. The molecule has 0 aliphatic carbocycles. The van der Waals surface area contributed by atoms with Gasteiger partial charge in [0.05, 0.1) is 6.54 Å². The van der Waals surface area contributed by atoms with Crippen LogP contribution in [0.25, 0.3) is 0 Å². The average molecular weight is 357 g/mol. The van der Waals surface area contributed by atoms with Crippen molar-refractivity contribution in [1.29, 1.82) is 0 Å². The maximum atomic E-state index is 11.7. The van der Waals surface area contributed by atoms with Crippen molar-refractivity contribution in [2.75, 3.05) is 17.6 Å². The van der Waals surface area contributed by atoms with Crippen LogP contribution in [0.1, 0.15) is 6.92 Å². The van der Waals surface area contributed by atoms with E-state index in [2.05, 4.69) is 20.5 Å². The zero-order chi connectivity index (χ0) is 19.1. The molecule has 0 unspecified atom stereocenters. The summed E-state index contributed by atoms with van der Waals surface area (Å²) in [6.45, 7) is 1.35. The van der Waals surface area contributed by atoms with Gasteiger partial charge in [-0.3, -0.25) is 4.79 Å². The first kappa shape index (κ1) is 19.0. The van der Waals surface area contributed by atoms with E-state index in [1.54, 1.807) is 24.3 Å². The number of rotatable bonds is 6. The normalized spacial score (nSPS) is 12.0. The van der Waals surface area contributed by atoms with Gasteiger partial charge in [-0.15, -0.1) is 10.2 Å². The molecule has 0 saturated carbocycles. The number of nitrogens with zero attached hydrogens (tertiary/aromatic N) is 3. The topological polar surface area (TPSA) is 171 Å². The van der Waals surface area contributed by atoms with Crippen LogP contribution in [0.3, 0.4) is 0 Å². The summed E-state index contributed by atoms with van der Waals surface area (Å²) in [5, 5.41) is 10.5. The third kappa shape index (κ3) is 5.06. The molecule has 0 saturated heterocycles. The van der Waals surface area contributed by atoms with E-state index in [0.717, 1.165) is 0 Å². The summed E-state index contributed by atoms with van der Waals surface area (Å²) < 4.78 is 5.18. The number of amides is 1. The Kier molecular flexibility index (Phi) is 6.31. The number of nitrogens with two attached hydrogens (primary N) is 3. The number of carbonyl (C=O) groups excluding carboxylic acids is 2. The lowest BCUT2D eigenvalue weighted by molar-refractivity contribution is -0.135. The Morgan fingerprint density at radius 3 is 2.54 bits per heavy atom. The molecule has 136 valence electrons. The van der Waals surface area contributed by atoms with Crippen molar-refractivity contribution >= 4 is 34.9 Å². The molecular weight excluding hydrogens is 338 g/mol. The molecular formula is C16H19N7O3. The van der Waals surface area contributed by atoms with E-state index >= 15 is 0 Å². The smallest absolute Gasteiger partial charge is 0.328 e. The number of esters is 1. The van der Waals surface area contributed by atoms with Gasteiger partial charge in [0.25, 0.3) is 0 Å². The van der Waals surface area contributed by atoms with Crippen LogP contribution < -0.4 is 27.3 Å². The minimum absolute atomic E-state index is 0.0635. The second kappa shape index (κ2) is 8.65. The molecule has 0 aliphatic rings. The Morgan fingerprint density at radius 1 is 1.19 bits per heavy atom. The fraction of sp³-hybridized carbons (Fsp3) is 0.188. The molecule has 1 heterocycles. The first-order chi connectivity index (χ1) is 12.4. The largest absolute Gasteiger partial charge is 0.423 e. The van der Waals surface area contributed by atoms with Crippen molar-refractivity contribution in [1.82, 2.24) is 4.98 Å². The molecule has 1 amide bonds. The predicted molar refractivity (Wildman–Crippen MR) is 96.2 cm³/mol. The van der Waals surface area contributed by atoms with Gasteiger partial charge >= 0.3 is 5.97 Å². The maximum Gasteiger partial charge on any atom is 0.328 e. The Morgan fingerprint density at radius 2 is 1.88 bits per heavy atom. The lowest BCUT2D eigenvalue weighted by atomic mass is 10.3. The van der Waals surface area contributed by atoms with Crippen molar-refractivity contribution < 1.29 is 14.3 Å². The molecule has 1 aromatic carbocycles. The molecule has 10 heteroatoms. The number of nitrogen functional groups attached to an aromatic ring is 1. The summed E-state index contributed by atoms with van der Waals surface area (Å²) in [5.74, 6) is -0.446. The van der Waals surface area contributed by atoms with Crippen molar-refractivity contribution in [3.05, 3.63) is 36.4 Å². The summed E-state index contributed by atoms with van der Waals surface area (Å²) in [4.78, 5) is 26.9. The van der Waals surface area contributed by atoms with E-state index in [0.29, 0.717) is 5.69 Å². The maximum absolute atomic E-state index is 11.7. The lowest BCUT2D eigenvalue weighted by Crippen LogP contribution is -2.30. The van der Waals surface area contributed by atoms with Crippen molar-refractivity contribution in [2.24, 2.45) is 21.7 Å². The van der Waals surface area contributed by atoms with Gasteiger partial charge in [-0.1, -0.05) is 12.1 Å². The van der Waals surface area contributed by atoms with Gasteiger partial charge in [-0.2, -0.15) is 0 Å². The van der Waals surface area contributed by atoms with Gasteiger partial charge in [0.2, 0.25) is 5.91 Å². The molecule has 10 nitrogen and oxygen atoms in total. The highest BCUT2D eigenvalue weighted by molar-refractivity contribution is 5.91. The van der Waals surface area contributed by atoms with Gasteiger partial charge < -0.3 is 27.3 Å². The Labute approximate surface area is 149 Å². The monoisotopic (exact) mass is 357 g/mol. The van der Waals surface area contributed by atoms with Gasteiger partial charge in [-0.05, 0) is 31.2 Å². The molecule has 1 atom stereocenters. The van der Waals surface area contributed by atoms with E-state index in [1.807, 2.05) is 0 Å². The number of nitrogens with one attached hydrogen (secondary N) is 1. The number of benzene rings is 1. The number of para-hydroxylation sites is 1. The second-order valence-electron chi connectivity index (χ2n) is 5.23. The molecule has 0 aliphatic heterocycles. The first-order valence-electron chi connectivity index (χ1n) is 7.65. The minimum atomic E-state index is -0.767. The minimum Gasteiger partial charge on any atom is -0.423 e. The molecule has 2 rings (SSSR count). The van der Waals surface area contributed by atoms with Crippen molar-refractivity contribution in [3.8, 4) is 5.75 Å². The SMILES string of the molecule is C[C@H](N)C(=O)Oc1ccccc1N=Nc1ccc(NC(=O)CN)nc1N. The highest BCUT2D eigenvalue weighted by Crippen LogP contribution is 2.30. The molecule has 7 N–H and O–H groups in total. The predicted octanol–water partition coefficient (Wildman–Crippen LogP) is 1.23. The third-order valence-corrected chi connectivity index (χ3v) is 3.07. The summed E-state index contributed by atoms with van der Waals surface area (Å²) >= 11 is 0. The molecule has 0 radical (unpaired) electrons. The number of pyridine rings is 1. The van der Waals surface area contributed by atoms with Gasteiger partial charge in [0, 0.05) is 0 Å². The molecule has 0 fully saturated rings. The van der Waals surface area contributed by atoms with Crippen LogP contribution in [0.5, 0.6) is 5.75 Å². The highest BCUT2D eigenvalue weighted by Gasteiger charge is 2.13. The van der Waals surface area contributed by atoms with Gasteiger partial charge in [-0.25, -0.2) is 9.78 Å². The summed E-state index contributed by atoms with van der Waals surface area (Å²) in [7, 11) is 0. The van der Waals surface area contributed by atoms with Crippen LogP contribution in [0, 0.1) is 0 Å². The molecule has 2 aromatic rings. The summed E-state index contributed by atoms with van der Waals surface area (Å²) in [5.41, 5.74) is 17.1. The van der Waals surface area contributed by atoms with E-state index in [9.17, 15) is 9.59 Å². The standard InChI is InChI=1S/C16H19N7O3/c1-9(18)16(25)26-12-5-3-2-4-10(12)22-23-11-6-7-13(21-15(11)19)20-14(24)8-17/h2-7,9H,8,17-18H2,1H3,(H3,19,20,21,24)/t9-/m0/s1. The van der Waals surface area contributed by atoms with Crippen molar-refractivity contribution in [3.63, 3.8) is 0 Å². The number of ether oxygens (including phenoxy) is 1. The Bertz CT molecular complexity index is 836. The number of hydrogen-bond donors (Lipinski definition) is 4. The Hall–Kier alpha value is -3.37. The summed E-state index contributed by atoms with van der Waals surface area (Å²) in [6, 6.07) is 8.87. The number of aromatic nitrogens is 1. The fourth-order valence-corrected chi connectivity index (χ4v) is 1.75. The molecule has 26 heavy (non-hydrogen) atoms. The van der Waals surface area contributed by atoms with Gasteiger partial charge in [0.1, 0.15) is 23.2 Å². The van der Waals surface area contributed by atoms with Crippen LogP contribution in [0.15, 0.2) is 46.6 Å². The number of hydrogen-bond acceptors (Lipinski definition) is 9. The number of carbonyl (C=O) groups is 2. The first-order valence-corrected chi connectivity index (χ1v) is 7.65. The van der Waals surface area contributed by atoms with Crippen LogP contribution in [-0.4, -0.2) is 29.4 Å². The van der Waals surface area contributed by atoms with Crippen molar-refractivity contribution in [2.45, 2.75) is 13.0 Å².